The van der Waals surface area contributed by atoms with E-state index in [0.717, 1.165) is 12.1 Å². The van der Waals surface area contributed by atoms with Crippen LogP contribution >= 0.6 is 12.4 Å². The molecule has 2 rings (SSSR count). The highest BCUT2D eigenvalue weighted by Gasteiger charge is 2.14. The highest BCUT2D eigenvalue weighted by atomic mass is 35.5. The monoisotopic (exact) mass is 433 g/mol. The lowest BCUT2D eigenvalue weighted by molar-refractivity contribution is -0.116. The number of aryl methyl sites for hydroxylation is 1. The SMILES string of the molecule is Cl.NCCNS(=O)(=O)c1cccc(NC(=O)CCCc2ccc(F)c(F)c2)c1. The molecule has 0 spiro atoms. The van der Waals surface area contributed by atoms with Gasteiger partial charge < -0.3 is 11.1 Å². The summed E-state index contributed by atoms with van der Waals surface area (Å²) in [6, 6.07) is 9.50. The van der Waals surface area contributed by atoms with Crippen molar-refractivity contribution < 1.29 is 22.0 Å². The average Bonchev–Trinajstić information content (AvgIpc) is 2.63. The van der Waals surface area contributed by atoms with Gasteiger partial charge >= 0.3 is 0 Å². The van der Waals surface area contributed by atoms with Gasteiger partial charge in [-0.3, -0.25) is 4.79 Å². The number of halogens is 3. The fraction of sp³-hybridized carbons (Fsp3) is 0.278. The highest BCUT2D eigenvalue weighted by molar-refractivity contribution is 7.89. The van der Waals surface area contributed by atoms with E-state index in [9.17, 15) is 22.0 Å². The largest absolute Gasteiger partial charge is 0.329 e. The number of carbonyl (C=O) groups is 1. The van der Waals surface area contributed by atoms with E-state index in [2.05, 4.69) is 10.0 Å². The second-order valence-corrected chi connectivity index (χ2v) is 7.63. The number of hydrogen-bond donors (Lipinski definition) is 3. The Morgan fingerprint density at radius 3 is 2.50 bits per heavy atom. The minimum atomic E-state index is -3.69. The van der Waals surface area contributed by atoms with E-state index in [1.807, 2.05) is 0 Å². The van der Waals surface area contributed by atoms with Gasteiger partial charge in [-0.05, 0) is 48.7 Å². The number of benzene rings is 2. The summed E-state index contributed by atoms with van der Waals surface area (Å²) in [5, 5.41) is 2.63. The van der Waals surface area contributed by atoms with Crippen molar-refractivity contribution >= 4 is 34.0 Å². The molecule has 1 amide bonds. The smallest absolute Gasteiger partial charge is 0.240 e. The molecule has 0 saturated carbocycles. The molecule has 6 nitrogen and oxygen atoms in total. The van der Waals surface area contributed by atoms with E-state index in [1.165, 1.54) is 24.3 Å². The van der Waals surface area contributed by atoms with E-state index in [1.54, 1.807) is 6.07 Å². The van der Waals surface area contributed by atoms with Gasteiger partial charge in [-0.15, -0.1) is 12.4 Å². The van der Waals surface area contributed by atoms with Gasteiger partial charge in [0.15, 0.2) is 11.6 Å². The minimum absolute atomic E-state index is 0. The Kier molecular flexibility index (Phi) is 9.47. The molecule has 28 heavy (non-hydrogen) atoms. The van der Waals surface area contributed by atoms with Gasteiger partial charge in [0, 0.05) is 25.2 Å². The van der Waals surface area contributed by atoms with Gasteiger partial charge in [-0.25, -0.2) is 21.9 Å². The number of anilines is 1. The molecule has 0 fully saturated rings. The summed E-state index contributed by atoms with van der Waals surface area (Å²) < 4.78 is 52.5. The summed E-state index contributed by atoms with van der Waals surface area (Å²) in [4.78, 5) is 12.1. The molecular weight excluding hydrogens is 412 g/mol. The molecular formula is C18H22ClF2N3O3S. The molecule has 0 saturated heterocycles. The molecule has 0 unspecified atom stereocenters. The maximum absolute atomic E-state index is 13.1. The van der Waals surface area contributed by atoms with E-state index in [4.69, 9.17) is 5.73 Å². The molecule has 2 aromatic rings. The molecule has 10 heteroatoms. The van der Waals surface area contributed by atoms with E-state index < -0.39 is 21.7 Å². The molecule has 2 aromatic carbocycles. The summed E-state index contributed by atoms with van der Waals surface area (Å²) in [7, 11) is -3.69. The number of nitrogens with two attached hydrogens (primary N) is 1. The Morgan fingerprint density at radius 2 is 1.82 bits per heavy atom. The summed E-state index contributed by atoms with van der Waals surface area (Å²) in [5.41, 5.74) is 6.24. The molecule has 0 atom stereocenters. The van der Waals surface area contributed by atoms with E-state index in [-0.39, 0.29) is 42.7 Å². The average molecular weight is 434 g/mol. The van der Waals surface area contributed by atoms with Crippen molar-refractivity contribution in [1.29, 1.82) is 0 Å². The van der Waals surface area contributed by atoms with Crippen LogP contribution in [-0.4, -0.2) is 27.4 Å². The third kappa shape index (κ3) is 7.16. The van der Waals surface area contributed by atoms with Crippen molar-refractivity contribution in [1.82, 2.24) is 4.72 Å². The van der Waals surface area contributed by atoms with E-state index in [0.29, 0.717) is 24.1 Å². The van der Waals surface area contributed by atoms with Crippen molar-refractivity contribution in [2.75, 3.05) is 18.4 Å². The lowest BCUT2D eigenvalue weighted by Crippen LogP contribution is -2.29. The van der Waals surface area contributed by atoms with Crippen LogP contribution in [0.25, 0.3) is 0 Å². The molecule has 154 valence electrons. The van der Waals surface area contributed by atoms with Crippen LogP contribution in [0.3, 0.4) is 0 Å². The van der Waals surface area contributed by atoms with Crippen molar-refractivity contribution in [2.45, 2.75) is 24.2 Å². The number of sulfonamides is 1. The van der Waals surface area contributed by atoms with Gasteiger partial charge in [0.05, 0.1) is 4.90 Å². The quantitative estimate of drug-likeness (QED) is 0.565. The molecule has 0 aliphatic carbocycles. The van der Waals surface area contributed by atoms with Crippen LogP contribution in [0.1, 0.15) is 18.4 Å². The second-order valence-electron chi connectivity index (χ2n) is 5.86. The standard InChI is InChI=1S/C18H21F2N3O3S.ClH/c19-16-8-7-13(11-17(16)20)3-1-6-18(24)23-14-4-2-5-15(12-14)27(25,26)22-10-9-21;/h2,4-5,7-8,11-12,22H,1,3,6,9-10,21H2,(H,23,24);1H. The van der Waals surface area contributed by atoms with Crippen LogP contribution in [0.5, 0.6) is 0 Å². The first-order chi connectivity index (χ1) is 12.8. The molecule has 0 bridgehead atoms. The lowest BCUT2D eigenvalue weighted by atomic mass is 10.1. The summed E-state index contributed by atoms with van der Waals surface area (Å²) in [6.07, 6.45) is 1.01. The van der Waals surface area contributed by atoms with Crippen molar-refractivity contribution in [3.63, 3.8) is 0 Å². The van der Waals surface area contributed by atoms with Gasteiger partial charge in [-0.1, -0.05) is 12.1 Å². The van der Waals surface area contributed by atoms with Gasteiger partial charge in [0.25, 0.3) is 0 Å². The second kappa shape index (κ2) is 11.1. The Morgan fingerprint density at radius 1 is 1.07 bits per heavy atom. The van der Waals surface area contributed by atoms with Crippen LogP contribution in [0.15, 0.2) is 47.4 Å². The van der Waals surface area contributed by atoms with E-state index >= 15 is 0 Å². The Bertz CT molecular complexity index is 911. The van der Waals surface area contributed by atoms with Gasteiger partial charge in [0.1, 0.15) is 0 Å². The first-order valence-corrected chi connectivity index (χ1v) is 9.84. The van der Waals surface area contributed by atoms with Crippen molar-refractivity contribution in [3.8, 4) is 0 Å². The van der Waals surface area contributed by atoms with Crippen LogP contribution in [0, 0.1) is 11.6 Å². The van der Waals surface area contributed by atoms with Crippen molar-refractivity contribution in [2.24, 2.45) is 5.73 Å². The van der Waals surface area contributed by atoms with Crippen LogP contribution in [-0.2, 0) is 21.2 Å². The normalized spacial score (nSPS) is 11.0. The summed E-state index contributed by atoms with van der Waals surface area (Å²) >= 11 is 0. The minimum Gasteiger partial charge on any atom is -0.329 e. The maximum atomic E-state index is 13.1. The lowest BCUT2D eigenvalue weighted by Gasteiger charge is -2.09. The summed E-state index contributed by atoms with van der Waals surface area (Å²) in [5.74, 6) is -2.13. The molecule has 0 aliphatic heterocycles. The Labute approximate surface area is 169 Å². The first kappa shape index (κ1) is 24.0. The predicted molar refractivity (Wildman–Crippen MR) is 106 cm³/mol. The Balaban J connectivity index is 0.00000392. The van der Waals surface area contributed by atoms with Crippen LogP contribution < -0.4 is 15.8 Å². The molecule has 4 N–H and O–H groups in total. The topological polar surface area (TPSA) is 101 Å². The zero-order valence-electron chi connectivity index (χ0n) is 15.0. The first-order valence-electron chi connectivity index (χ1n) is 8.35. The van der Waals surface area contributed by atoms with Gasteiger partial charge in [-0.2, -0.15) is 0 Å². The maximum Gasteiger partial charge on any atom is 0.240 e. The molecule has 0 radical (unpaired) electrons. The summed E-state index contributed by atoms with van der Waals surface area (Å²) in [6.45, 7) is 0.288. The van der Waals surface area contributed by atoms with Gasteiger partial charge in [0.2, 0.25) is 15.9 Å². The zero-order chi connectivity index (χ0) is 19.9. The Hall–Kier alpha value is -2.07. The number of nitrogens with one attached hydrogen (secondary N) is 2. The fourth-order valence-electron chi connectivity index (χ4n) is 2.39. The third-order valence-electron chi connectivity index (χ3n) is 3.72. The number of carbonyl (C=O) groups excluding carboxylic acids is 1. The van der Waals surface area contributed by atoms with Crippen LogP contribution in [0.2, 0.25) is 0 Å². The molecule has 0 aromatic heterocycles. The number of amides is 1. The number of rotatable bonds is 9. The predicted octanol–water partition coefficient (Wildman–Crippen LogP) is 2.58. The van der Waals surface area contributed by atoms with Crippen LogP contribution in [0.4, 0.5) is 14.5 Å². The fourth-order valence-corrected chi connectivity index (χ4v) is 3.48. The highest BCUT2D eigenvalue weighted by Crippen LogP contribution is 2.16. The van der Waals surface area contributed by atoms with Crippen molar-refractivity contribution in [3.05, 3.63) is 59.7 Å². The number of hydrogen-bond acceptors (Lipinski definition) is 4. The molecule has 0 heterocycles. The molecule has 0 aliphatic rings. The zero-order valence-corrected chi connectivity index (χ0v) is 16.6. The third-order valence-corrected chi connectivity index (χ3v) is 5.18.